The average Bonchev–Trinajstić information content (AvgIpc) is 2.62. The Balaban J connectivity index is 2.54. The monoisotopic (exact) mass is 235 g/mol. The van der Waals surface area contributed by atoms with Crippen molar-refractivity contribution in [3.8, 4) is 0 Å². The van der Waals surface area contributed by atoms with E-state index in [1.807, 2.05) is 6.07 Å². The predicted octanol–water partition coefficient (Wildman–Crippen LogP) is 0.0186. The Morgan fingerprint density at radius 1 is 1.47 bits per heavy atom. The molecule has 1 aromatic carbocycles. The van der Waals surface area contributed by atoms with Gasteiger partial charge in [-0.05, 0) is 6.07 Å². The van der Waals surface area contributed by atoms with Gasteiger partial charge >= 0.3 is 5.97 Å². The lowest BCUT2D eigenvalue weighted by Gasteiger charge is -2.15. The van der Waals surface area contributed by atoms with Gasteiger partial charge in [-0.25, -0.2) is 0 Å². The van der Waals surface area contributed by atoms with E-state index in [0.717, 1.165) is 0 Å². The molecule has 2 aromatic rings. The molecule has 0 fully saturated rings. The van der Waals surface area contributed by atoms with Crippen molar-refractivity contribution in [2.24, 2.45) is 12.8 Å². The highest BCUT2D eigenvalue weighted by Crippen LogP contribution is 2.25. The van der Waals surface area contributed by atoms with Crippen molar-refractivity contribution in [3.63, 3.8) is 0 Å². The molecule has 1 heterocycles. The summed E-state index contributed by atoms with van der Waals surface area (Å²) >= 11 is 0. The number of carbonyl (C=O) groups is 1. The Labute approximate surface area is 97.3 Å². The van der Waals surface area contributed by atoms with Crippen molar-refractivity contribution in [2.75, 3.05) is 0 Å². The summed E-state index contributed by atoms with van der Waals surface area (Å²) < 4.78 is 1.46. The van der Waals surface area contributed by atoms with E-state index in [4.69, 9.17) is 10.8 Å². The topological polar surface area (TPSA) is 101 Å². The van der Waals surface area contributed by atoms with Crippen LogP contribution >= 0.6 is 0 Å². The van der Waals surface area contributed by atoms with Crippen LogP contribution < -0.4 is 5.73 Å². The SMILES string of the molecule is Cn1nc2ccccc2c1C(O)C(N)C(=O)O. The number of aliphatic hydroxyl groups excluding tert-OH is 1. The van der Waals surface area contributed by atoms with Gasteiger partial charge in [-0.1, -0.05) is 18.2 Å². The summed E-state index contributed by atoms with van der Waals surface area (Å²) in [5.74, 6) is -1.25. The van der Waals surface area contributed by atoms with Gasteiger partial charge in [-0.3, -0.25) is 9.48 Å². The summed E-state index contributed by atoms with van der Waals surface area (Å²) in [6, 6.07) is 5.82. The molecule has 6 heteroatoms. The molecule has 0 saturated carbocycles. The number of aliphatic carboxylic acids is 1. The summed E-state index contributed by atoms with van der Waals surface area (Å²) in [5.41, 5.74) is 6.53. The Hall–Kier alpha value is -1.92. The van der Waals surface area contributed by atoms with Gasteiger partial charge in [-0.2, -0.15) is 5.10 Å². The smallest absolute Gasteiger partial charge is 0.323 e. The van der Waals surface area contributed by atoms with E-state index < -0.39 is 18.1 Å². The fraction of sp³-hybridized carbons (Fsp3) is 0.273. The first-order valence-electron chi connectivity index (χ1n) is 5.10. The number of rotatable bonds is 3. The Morgan fingerprint density at radius 3 is 2.76 bits per heavy atom. The van der Waals surface area contributed by atoms with Crippen LogP contribution in [0.4, 0.5) is 0 Å². The number of nitrogens with two attached hydrogens (primary N) is 1. The van der Waals surface area contributed by atoms with E-state index in [-0.39, 0.29) is 0 Å². The number of carboxylic acid groups (broad SMARTS) is 1. The molecule has 17 heavy (non-hydrogen) atoms. The van der Waals surface area contributed by atoms with Gasteiger partial charge in [0.05, 0.1) is 11.2 Å². The molecule has 0 amide bonds. The minimum absolute atomic E-state index is 0.413. The molecule has 0 radical (unpaired) electrons. The van der Waals surface area contributed by atoms with Crippen LogP contribution in [-0.2, 0) is 11.8 Å². The molecule has 2 rings (SSSR count). The second-order valence-corrected chi connectivity index (χ2v) is 3.83. The molecule has 0 aliphatic rings. The number of fused-ring (bicyclic) bond motifs is 1. The first-order valence-corrected chi connectivity index (χ1v) is 5.10. The minimum Gasteiger partial charge on any atom is -0.480 e. The van der Waals surface area contributed by atoms with Crippen molar-refractivity contribution in [3.05, 3.63) is 30.0 Å². The number of benzene rings is 1. The number of nitrogens with zero attached hydrogens (tertiary/aromatic N) is 2. The summed E-state index contributed by atoms with van der Waals surface area (Å²) in [4.78, 5) is 10.8. The van der Waals surface area contributed by atoms with Gasteiger partial charge in [0.2, 0.25) is 0 Å². The fourth-order valence-corrected chi connectivity index (χ4v) is 1.82. The molecule has 0 saturated heterocycles. The van der Waals surface area contributed by atoms with Crippen LogP contribution in [0.3, 0.4) is 0 Å². The van der Waals surface area contributed by atoms with Crippen LogP contribution in [0, 0.1) is 0 Å². The second kappa shape index (κ2) is 4.15. The highest BCUT2D eigenvalue weighted by atomic mass is 16.4. The summed E-state index contributed by atoms with van der Waals surface area (Å²) in [7, 11) is 1.65. The lowest BCUT2D eigenvalue weighted by atomic mass is 10.1. The maximum absolute atomic E-state index is 10.8. The maximum atomic E-state index is 10.8. The normalized spacial score (nSPS) is 14.8. The third-order valence-corrected chi connectivity index (χ3v) is 2.69. The van der Waals surface area contributed by atoms with E-state index in [0.29, 0.717) is 16.6 Å². The number of hydrogen-bond acceptors (Lipinski definition) is 4. The van der Waals surface area contributed by atoms with Gasteiger partial charge in [0.25, 0.3) is 0 Å². The molecular weight excluding hydrogens is 222 g/mol. The van der Waals surface area contributed by atoms with Crippen molar-refractivity contribution in [1.82, 2.24) is 9.78 Å². The molecule has 0 aliphatic carbocycles. The Bertz CT molecular complexity index is 564. The number of aromatic nitrogens is 2. The third kappa shape index (κ3) is 1.88. The lowest BCUT2D eigenvalue weighted by molar-refractivity contribution is -0.141. The summed E-state index contributed by atoms with van der Waals surface area (Å²) in [5, 5.41) is 23.7. The van der Waals surface area contributed by atoms with Crippen LogP contribution in [-0.4, -0.2) is 32.0 Å². The van der Waals surface area contributed by atoms with Crippen molar-refractivity contribution in [2.45, 2.75) is 12.1 Å². The zero-order chi connectivity index (χ0) is 12.6. The zero-order valence-corrected chi connectivity index (χ0v) is 9.24. The molecule has 6 nitrogen and oxygen atoms in total. The number of aliphatic hydroxyl groups is 1. The first kappa shape index (κ1) is 11.6. The molecule has 0 bridgehead atoms. The van der Waals surface area contributed by atoms with Crippen LogP contribution in [0.15, 0.2) is 24.3 Å². The fourth-order valence-electron chi connectivity index (χ4n) is 1.82. The molecule has 2 atom stereocenters. The lowest BCUT2D eigenvalue weighted by Crippen LogP contribution is -2.37. The molecule has 4 N–H and O–H groups in total. The Morgan fingerprint density at radius 2 is 2.12 bits per heavy atom. The average molecular weight is 235 g/mol. The van der Waals surface area contributed by atoms with E-state index in [1.165, 1.54) is 4.68 Å². The van der Waals surface area contributed by atoms with E-state index in [1.54, 1.807) is 25.2 Å². The predicted molar refractivity (Wildman–Crippen MR) is 61.3 cm³/mol. The van der Waals surface area contributed by atoms with Crippen LogP contribution in [0.25, 0.3) is 10.9 Å². The number of carboxylic acids is 1. The molecule has 0 aliphatic heterocycles. The van der Waals surface area contributed by atoms with E-state index in [2.05, 4.69) is 5.10 Å². The van der Waals surface area contributed by atoms with Gasteiger partial charge in [0.1, 0.15) is 12.1 Å². The molecule has 0 spiro atoms. The largest absolute Gasteiger partial charge is 0.480 e. The minimum atomic E-state index is -1.37. The zero-order valence-electron chi connectivity index (χ0n) is 9.24. The van der Waals surface area contributed by atoms with Crippen LogP contribution in [0.1, 0.15) is 11.8 Å². The van der Waals surface area contributed by atoms with Gasteiger partial charge in [0, 0.05) is 12.4 Å². The van der Waals surface area contributed by atoms with Gasteiger partial charge in [-0.15, -0.1) is 0 Å². The molecule has 1 aromatic heterocycles. The summed E-state index contributed by atoms with van der Waals surface area (Å²) in [6.45, 7) is 0. The molecule has 2 unspecified atom stereocenters. The maximum Gasteiger partial charge on any atom is 0.323 e. The standard InChI is InChI=1S/C11H13N3O3/c1-14-9(10(15)8(12)11(16)17)6-4-2-3-5-7(6)13-14/h2-5,8,10,15H,12H2,1H3,(H,16,17). The van der Waals surface area contributed by atoms with Crippen LogP contribution in [0.5, 0.6) is 0 Å². The Kier molecular flexibility index (Phi) is 2.83. The molecular formula is C11H13N3O3. The van der Waals surface area contributed by atoms with E-state index >= 15 is 0 Å². The van der Waals surface area contributed by atoms with Gasteiger partial charge in [0.15, 0.2) is 0 Å². The third-order valence-electron chi connectivity index (χ3n) is 2.69. The highest BCUT2D eigenvalue weighted by Gasteiger charge is 2.27. The molecule has 90 valence electrons. The summed E-state index contributed by atoms with van der Waals surface area (Å²) in [6.07, 6.45) is -1.29. The quantitative estimate of drug-likeness (QED) is 0.696. The second-order valence-electron chi connectivity index (χ2n) is 3.83. The van der Waals surface area contributed by atoms with Crippen LogP contribution in [0.2, 0.25) is 0 Å². The first-order chi connectivity index (χ1) is 8.02. The van der Waals surface area contributed by atoms with Gasteiger partial charge < -0.3 is 15.9 Å². The van der Waals surface area contributed by atoms with Crippen molar-refractivity contribution in [1.29, 1.82) is 0 Å². The van der Waals surface area contributed by atoms with Crippen molar-refractivity contribution >= 4 is 16.9 Å². The van der Waals surface area contributed by atoms with E-state index in [9.17, 15) is 9.90 Å². The number of aryl methyl sites for hydroxylation is 1. The number of hydrogen-bond donors (Lipinski definition) is 3. The highest BCUT2D eigenvalue weighted by molar-refractivity contribution is 5.83. The van der Waals surface area contributed by atoms with Crippen molar-refractivity contribution < 1.29 is 15.0 Å².